The average Bonchev–Trinajstić information content (AvgIpc) is 2.79. The first-order valence-corrected chi connectivity index (χ1v) is 7.88. The molecule has 0 spiro atoms. The lowest BCUT2D eigenvalue weighted by Crippen LogP contribution is -2.39. The molecule has 1 aliphatic heterocycles. The highest BCUT2D eigenvalue weighted by atomic mass is 32.1. The van der Waals surface area contributed by atoms with Gasteiger partial charge in [-0.05, 0) is 39.4 Å². The van der Waals surface area contributed by atoms with E-state index in [1.807, 2.05) is 7.05 Å². The average molecular weight is 291 g/mol. The van der Waals surface area contributed by atoms with Crippen LogP contribution in [0.5, 0.6) is 0 Å². The zero-order valence-corrected chi connectivity index (χ0v) is 13.0. The second kappa shape index (κ2) is 5.54. The lowest BCUT2D eigenvalue weighted by Gasteiger charge is -2.30. The predicted octanol–water partition coefficient (Wildman–Crippen LogP) is 2.55. The molecule has 3 rings (SSSR count). The van der Waals surface area contributed by atoms with Crippen LogP contribution in [0, 0.1) is 6.92 Å². The summed E-state index contributed by atoms with van der Waals surface area (Å²) in [6.07, 6.45) is 2.44. The van der Waals surface area contributed by atoms with E-state index in [-0.39, 0.29) is 0 Å². The number of likely N-dealkylation sites (N-methyl/N-ethyl adjacent to an activating group) is 1. The van der Waals surface area contributed by atoms with Crippen LogP contribution in [0.4, 0.5) is 11.8 Å². The topological polar surface area (TPSA) is 53.1 Å². The van der Waals surface area contributed by atoms with Crippen molar-refractivity contribution in [1.82, 2.24) is 14.9 Å². The molecule has 1 saturated heterocycles. The van der Waals surface area contributed by atoms with E-state index in [4.69, 9.17) is 0 Å². The molecule has 1 fully saturated rings. The van der Waals surface area contributed by atoms with Crippen molar-refractivity contribution >= 4 is 33.3 Å². The van der Waals surface area contributed by atoms with Gasteiger partial charge >= 0.3 is 0 Å². The maximum atomic E-state index is 4.61. The van der Waals surface area contributed by atoms with E-state index in [0.717, 1.165) is 22.6 Å². The quantitative estimate of drug-likeness (QED) is 0.910. The first kappa shape index (κ1) is 13.6. The first-order valence-electron chi connectivity index (χ1n) is 7.06. The lowest BCUT2D eigenvalue weighted by atomic mass is 10.1. The minimum Gasteiger partial charge on any atom is -0.365 e. The lowest BCUT2D eigenvalue weighted by molar-refractivity contribution is 0.261. The predicted molar refractivity (Wildman–Crippen MR) is 85.8 cm³/mol. The molecule has 5 nitrogen and oxygen atoms in total. The zero-order valence-electron chi connectivity index (χ0n) is 12.2. The van der Waals surface area contributed by atoms with E-state index < -0.39 is 0 Å². The molecule has 1 atom stereocenters. The zero-order chi connectivity index (χ0) is 14.1. The fourth-order valence-electron chi connectivity index (χ4n) is 2.74. The summed E-state index contributed by atoms with van der Waals surface area (Å²) < 4.78 is 0. The highest BCUT2D eigenvalue weighted by Gasteiger charge is 2.19. The molecule has 108 valence electrons. The van der Waals surface area contributed by atoms with E-state index >= 15 is 0 Å². The van der Waals surface area contributed by atoms with Crippen LogP contribution in [0.3, 0.4) is 0 Å². The maximum absolute atomic E-state index is 4.61. The van der Waals surface area contributed by atoms with Gasteiger partial charge in [-0.15, -0.1) is 11.3 Å². The highest BCUT2D eigenvalue weighted by molar-refractivity contribution is 7.18. The van der Waals surface area contributed by atoms with Crippen molar-refractivity contribution in [2.24, 2.45) is 0 Å². The molecule has 1 aliphatic rings. The number of hydrogen-bond acceptors (Lipinski definition) is 6. The third kappa shape index (κ3) is 2.71. The Labute approximate surface area is 123 Å². The summed E-state index contributed by atoms with van der Waals surface area (Å²) in [4.78, 5) is 13.8. The van der Waals surface area contributed by atoms with E-state index in [2.05, 4.69) is 45.5 Å². The number of nitrogens with one attached hydrogen (secondary N) is 2. The van der Waals surface area contributed by atoms with Crippen molar-refractivity contribution in [1.29, 1.82) is 0 Å². The fraction of sp³-hybridized carbons (Fsp3) is 0.571. The number of aromatic nitrogens is 2. The van der Waals surface area contributed by atoms with Gasteiger partial charge in [-0.3, -0.25) is 0 Å². The molecule has 3 heterocycles. The maximum Gasteiger partial charge on any atom is 0.225 e. The molecule has 1 unspecified atom stereocenters. The third-order valence-electron chi connectivity index (χ3n) is 3.70. The van der Waals surface area contributed by atoms with Crippen molar-refractivity contribution in [2.75, 3.05) is 37.8 Å². The van der Waals surface area contributed by atoms with Crippen molar-refractivity contribution in [2.45, 2.75) is 25.8 Å². The van der Waals surface area contributed by atoms with E-state index in [0.29, 0.717) is 12.0 Å². The largest absolute Gasteiger partial charge is 0.365 e. The van der Waals surface area contributed by atoms with Crippen LogP contribution in [0.2, 0.25) is 0 Å². The van der Waals surface area contributed by atoms with Gasteiger partial charge in [0, 0.05) is 24.5 Å². The number of rotatable bonds is 3. The van der Waals surface area contributed by atoms with Gasteiger partial charge in [-0.25, -0.2) is 4.98 Å². The van der Waals surface area contributed by atoms with Crippen molar-refractivity contribution in [3.8, 4) is 0 Å². The molecule has 0 bridgehead atoms. The van der Waals surface area contributed by atoms with Gasteiger partial charge in [0.2, 0.25) is 5.95 Å². The molecule has 2 N–H and O–H groups in total. The van der Waals surface area contributed by atoms with Crippen molar-refractivity contribution in [3.63, 3.8) is 0 Å². The van der Waals surface area contributed by atoms with Gasteiger partial charge < -0.3 is 15.5 Å². The van der Waals surface area contributed by atoms with Crippen LogP contribution >= 0.6 is 11.3 Å². The molecule has 0 radical (unpaired) electrons. The second-order valence-electron chi connectivity index (χ2n) is 5.47. The van der Waals surface area contributed by atoms with E-state index in [1.165, 1.54) is 24.3 Å². The standard InChI is InChI=1S/C14H21N5S/c1-9-7-11-12(16-10-5-4-6-19(3)8-10)17-14(15-2)18-13(11)20-9/h7,10H,4-6,8H2,1-3H3,(H2,15,16,17,18). The Bertz CT molecular complexity index is 609. The minimum atomic E-state index is 0.469. The Balaban J connectivity index is 1.92. The monoisotopic (exact) mass is 291 g/mol. The van der Waals surface area contributed by atoms with Gasteiger partial charge in [0.05, 0.1) is 5.39 Å². The molecule has 0 saturated carbocycles. The number of anilines is 2. The smallest absolute Gasteiger partial charge is 0.225 e. The summed E-state index contributed by atoms with van der Waals surface area (Å²) >= 11 is 1.72. The SMILES string of the molecule is CNc1nc(NC2CCCN(C)C2)c2cc(C)sc2n1. The van der Waals surface area contributed by atoms with Gasteiger partial charge in [-0.1, -0.05) is 0 Å². The van der Waals surface area contributed by atoms with Gasteiger partial charge in [0.25, 0.3) is 0 Å². The summed E-state index contributed by atoms with van der Waals surface area (Å²) in [6.45, 7) is 4.38. The van der Waals surface area contributed by atoms with Crippen LogP contribution in [-0.4, -0.2) is 48.1 Å². The van der Waals surface area contributed by atoms with Gasteiger partial charge in [0.1, 0.15) is 10.6 Å². The summed E-state index contributed by atoms with van der Waals surface area (Å²) in [5.74, 6) is 1.65. The number of thiophene rings is 1. The Morgan fingerprint density at radius 1 is 1.40 bits per heavy atom. The van der Waals surface area contributed by atoms with E-state index in [1.54, 1.807) is 11.3 Å². The number of aryl methyl sites for hydroxylation is 1. The minimum absolute atomic E-state index is 0.469. The number of likely N-dealkylation sites (tertiary alicyclic amines) is 1. The van der Waals surface area contributed by atoms with Crippen LogP contribution in [-0.2, 0) is 0 Å². The first-order chi connectivity index (χ1) is 9.65. The van der Waals surface area contributed by atoms with Crippen LogP contribution in [0.25, 0.3) is 10.2 Å². The Morgan fingerprint density at radius 3 is 3.00 bits per heavy atom. The Hall–Kier alpha value is -1.40. The second-order valence-corrected chi connectivity index (χ2v) is 6.70. The summed E-state index contributed by atoms with van der Waals surface area (Å²) in [5.41, 5.74) is 0. The molecular weight excluding hydrogens is 270 g/mol. The highest BCUT2D eigenvalue weighted by Crippen LogP contribution is 2.30. The molecule has 2 aromatic rings. The molecule has 2 aromatic heterocycles. The number of hydrogen-bond donors (Lipinski definition) is 2. The Kier molecular flexibility index (Phi) is 3.76. The number of fused-ring (bicyclic) bond motifs is 1. The van der Waals surface area contributed by atoms with Crippen LogP contribution < -0.4 is 10.6 Å². The molecule has 6 heteroatoms. The fourth-order valence-corrected chi connectivity index (χ4v) is 3.62. The van der Waals surface area contributed by atoms with Crippen molar-refractivity contribution < 1.29 is 0 Å². The molecule has 0 aliphatic carbocycles. The molecular formula is C14H21N5S. The summed E-state index contributed by atoms with van der Waals surface area (Å²) in [7, 11) is 4.04. The van der Waals surface area contributed by atoms with Crippen LogP contribution in [0.1, 0.15) is 17.7 Å². The molecule has 0 aromatic carbocycles. The number of nitrogens with zero attached hydrogens (tertiary/aromatic N) is 3. The normalized spacial score (nSPS) is 20.2. The molecule has 20 heavy (non-hydrogen) atoms. The third-order valence-corrected chi connectivity index (χ3v) is 4.65. The summed E-state index contributed by atoms with van der Waals surface area (Å²) in [5, 5.41) is 7.80. The number of piperidine rings is 1. The van der Waals surface area contributed by atoms with Gasteiger partial charge in [-0.2, -0.15) is 4.98 Å². The Morgan fingerprint density at radius 2 is 2.25 bits per heavy atom. The van der Waals surface area contributed by atoms with Crippen molar-refractivity contribution in [3.05, 3.63) is 10.9 Å². The van der Waals surface area contributed by atoms with Crippen LogP contribution in [0.15, 0.2) is 6.07 Å². The van der Waals surface area contributed by atoms with E-state index in [9.17, 15) is 0 Å². The summed E-state index contributed by atoms with van der Waals surface area (Å²) in [6, 6.07) is 2.64. The molecule has 0 amide bonds. The van der Waals surface area contributed by atoms with Gasteiger partial charge in [0.15, 0.2) is 0 Å².